The van der Waals surface area contributed by atoms with Gasteiger partial charge in [0.15, 0.2) is 10.9 Å². The molecule has 0 spiro atoms. The van der Waals surface area contributed by atoms with E-state index in [-0.39, 0.29) is 23.2 Å². The second-order valence-electron chi connectivity index (χ2n) is 6.37. The van der Waals surface area contributed by atoms with E-state index in [4.69, 9.17) is 9.47 Å². The first-order valence-corrected chi connectivity index (χ1v) is 9.63. The zero-order valence-corrected chi connectivity index (χ0v) is 16.1. The number of carbonyl (C=O) groups excluding carboxylic acids is 1. The average molecular weight is 378 g/mol. The van der Waals surface area contributed by atoms with Gasteiger partial charge in [0.2, 0.25) is 0 Å². The number of Topliss-reactive ketones (excluding diaryl/α,β-unsaturated/α-hetero) is 1. The van der Waals surface area contributed by atoms with Crippen molar-refractivity contribution in [3.05, 3.63) is 41.0 Å². The van der Waals surface area contributed by atoms with Gasteiger partial charge in [-0.15, -0.1) is 0 Å². The number of aryl methyl sites for hydroxylation is 1. The van der Waals surface area contributed by atoms with Crippen molar-refractivity contribution < 1.29 is 18.7 Å². The molecule has 1 aliphatic heterocycles. The highest BCUT2D eigenvalue weighted by molar-refractivity contribution is 7.99. The molecule has 0 amide bonds. The highest BCUT2D eigenvalue weighted by Crippen LogP contribution is 2.27. The summed E-state index contributed by atoms with van der Waals surface area (Å²) in [5.74, 6) is -0.0904. The van der Waals surface area contributed by atoms with Gasteiger partial charge in [0.25, 0.3) is 0 Å². The Bertz CT molecular complexity index is 800. The van der Waals surface area contributed by atoms with Crippen LogP contribution in [0.1, 0.15) is 34.6 Å². The van der Waals surface area contributed by atoms with Crippen LogP contribution in [0.15, 0.2) is 23.4 Å². The number of hydrogen-bond acceptors (Lipinski definition) is 5. The van der Waals surface area contributed by atoms with Gasteiger partial charge in [0, 0.05) is 12.3 Å². The number of ketones is 1. The molecule has 0 aliphatic carbocycles. The third kappa shape index (κ3) is 4.10. The Morgan fingerprint density at radius 2 is 2.27 bits per heavy atom. The number of methoxy groups -OCH3 is 1. The number of hydrogen-bond donors (Lipinski definition) is 0. The molecule has 1 saturated heterocycles. The molecular formula is C19H23FN2O3S. The molecule has 1 aromatic carbocycles. The molecule has 3 rings (SSSR count). The molecule has 1 fully saturated rings. The predicted octanol–water partition coefficient (Wildman–Crippen LogP) is 3.80. The minimum atomic E-state index is -0.453. The third-order valence-electron chi connectivity index (χ3n) is 4.63. The van der Waals surface area contributed by atoms with Crippen molar-refractivity contribution in [1.82, 2.24) is 9.55 Å². The summed E-state index contributed by atoms with van der Waals surface area (Å²) in [6.07, 6.45) is 2.32. The Morgan fingerprint density at radius 1 is 1.46 bits per heavy atom. The smallest absolute Gasteiger partial charge is 0.177 e. The van der Waals surface area contributed by atoms with Crippen LogP contribution >= 0.6 is 11.8 Å². The van der Waals surface area contributed by atoms with Crippen LogP contribution in [0.4, 0.5) is 4.39 Å². The van der Waals surface area contributed by atoms with Crippen molar-refractivity contribution in [2.45, 2.75) is 44.5 Å². The monoisotopic (exact) mass is 378 g/mol. The van der Waals surface area contributed by atoms with Gasteiger partial charge < -0.3 is 14.0 Å². The minimum Gasteiger partial charge on any atom is -0.496 e. The quantitative estimate of drug-likeness (QED) is 0.542. The van der Waals surface area contributed by atoms with Crippen molar-refractivity contribution in [1.29, 1.82) is 0 Å². The number of rotatable bonds is 7. The molecular weight excluding hydrogens is 355 g/mol. The maximum Gasteiger partial charge on any atom is 0.177 e. The topological polar surface area (TPSA) is 53.3 Å². The molecule has 0 bridgehead atoms. The van der Waals surface area contributed by atoms with Gasteiger partial charge in [0.1, 0.15) is 11.6 Å². The first-order valence-electron chi connectivity index (χ1n) is 8.64. The Kier molecular flexibility index (Phi) is 5.98. The van der Waals surface area contributed by atoms with Crippen LogP contribution < -0.4 is 4.74 Å². The molecule has 1 aromatic heterocycles. The van der Waals surface area contributed by atoms with E-state index in [9.17, 15) is 9.18 Å². The highest BCUT2D eigenvalue weighted by Gasteiger charge is 2.21. The van der Waals surface area contributed by atoms with Crippen molar-refractivity contribution in [3.63, 3.8) is 0 Å². The van der Waals surface area contributed by atoms with E-state index in [1.54, 1.807) is 0 Å². The van der Waals surface area contributed by atoms with Crippen molar-refractivity contribution in [2.75, 3.05) is 19.5 Å². The van der Waals surface area contributed by atoms with Gasteiger partial charge >= 0.3 is 0 Å². The SMILES string of the molecule is COc1ccc(F)cc1C(=O)CSc1nc(C)c(C)n1CC1CCCO1. The number of imidazole rings is 1. The van der Waals surface area contributed by atoms with Crippen LogP contribution in [0.5, 0.6) is 5.75 Å². The summed E-state index contributed by atoms with van der Waals surface area (Å²) >= 11 is 1.36. The molecule has 26 heavy (non-hydrogen) atoms. The van der Waals surface area contributed by atoms with E-state index < -0.39 is 5.82 Å². The number of thioether (sulfide) groups is 1. The van der Waals surface area contributed by atoms with Crippen LogP contribution in [-0.2, 0) is 11.3 Å². The van der Waals surface area contributed by atoms with E-state index >= 15 is 0 Å². The molecule has 2 heterocycles. The molecule has 0 saturated carbocycles. The van der Waals surface area contributed by atoms with E-state index in [1.165, 1.54) is 37.1 Å². The molecule has 2 aromatic rings. The van der Waals surface area contributed by atoms with Crippen LogP contribution in [0.25, 0.3) is 0 Å². The third-order valence-corrected chi connectivity index (χ3v) is 5.60. The van der Waals surface area contributed by atoms with Gasteiger partial charge in [-0.05, 0) is 44.9 Å². The molecule has 5 nitrogen and oxygen atoms in total. The maximum absolute atomic E-state index is 13.5. The number of nitrogens with zero attached hydrogens (tertiary/aromatic N) is 2. The van der Waals surface area contributed by atoms with Crippen LogP contribution in [-0.4, -0.2) is 40.9 Å². The largest absolute Gasteiger partial charge is 0.496 e. The molecule has 1 unspecified atom stereocenters. The summed E-state index contributed by atoms with van der Waals surface area (Å²) in [5.41, 5.74) is 2.28. The molecule has 1 atom stereocenters. The summed E-state index contributed by atoms with van der Waals surface area (Å²) in [7, 11) is 1.47. The van der Waals surface area contributed by atoms with Gasteiger partial charge in [-0.3, -0.25) is 4.79 Å². The Hall–Kier alpha value is -1.86. The number of carbonyl (C=O) groups is 1. The molecule has 140 valence electrons. The minimum absolute atomic E-state index is 0.168. The maximum atomic E-state index is 13.5. The van der Waals surface area contributed by atoms with E-state index in [0.29, 0.717) is 5.75 Å². The summed E-state index contributed by atoms with van der Waals surface area (Å²) in [5, 5.41) is 0.791. The Morgan fingerprint density at radius 3 is 2.96 bits per heavy atom. The lowest BCUT2D eigenvalue weighted by Gasteiger charge is -2.14. The number of halogens is 1. The first kappa shape index (κ1) is 18.9. The Balaban J connectivity index is 1.74. The number of aromatic nitrogens is 2. The van der Waals surface area contributed by atoms with Crippen LogP contribution in [0.3, 0.4) is 0 Å². The fourth-order valence-electron chi connectivity index (χ4n) is 3.05. The van der Waals surface area contributed by atoms with Crippen LogP contribution in [0.2, 0.25) is 0 Å². The lowest BCUT2D eigenvalue weighted by molar-refractivity contribution is 0.0945. The molecule has 0 N–H and O–H groups in total. The fraction of sp³-hybridized carbons (Fsp3) is 0.474. The molecule has 7 heteroatoms. The van der Waals surface area contributed by atoms with Gasteiger partial charge in [0.05, 0.1) is 36.8 Å². The van der Waals surface area contributed by atoms with Crippen molar-refractivity contribution in [2.24, 2.45) is 0 Å². The summed E-state index contributed by atoms with van der Waals surface area (Å²) < 4.78 is 26.5. The summed E-state index contributed by atoms with van der Waals surface area (Å²) in [4.78, 5) is 17.2. The number of benzene rings is 1. The molecule has 1 aliphatic rings. The molecule has 0 radical (unpaired) electrons. The second-order valence-corrected chi connectivity index (χ2v) is 7.31. The van der Waals surface area contributed by atoms with Crippen molar-refractivity contribution in [3.8, 4) is 5.75 Å². The zero-order valence-electron chi connectivity index (χ0n) is 15.3. The van der Waals surface area contributed by atoms with Crippen LogP contribution in [0, 0.1) is 19.7 Å². The first-order chi connectivity index (χ1) is 12.5. The lowest BCUT2D eigenvalue weighted by atomic mass is 10.1. The normalized spacial score (nSPS) is 16.8. The summed E-state index contributed by atoms with van der Waals surface area (Å²) in [6, 6.07) is 3.97. The predicted molar refractivity (Wildman–Crippen MR) is 98.7 cm³/mol. The van der Waals surface area contributed by atoms with Gasteiger partial charge in [-0.2, -0.15) is 0 Å². The highest BCUT2D eigenvalue weighted by atomic mass is 32.2. The van der Waals surface area contributed by atoms with Crippen molar-refractivity contribution >= 4 is 17.5 Å². The summed E-state index contributed by atoms with van der Waals surface area (Å²) in [6.45, 7) is 5.53. The Labute approximate surface area is 156 Å². The lowest BCUT2D eigenvalue weighted by Crippen LogP contribution is -2.17. The number of ether oxygens (including phenoxy) is 2. The standard InChI is InChI=1S/C19H23FN2O3S/c1-12-13(2)22(10-15-5-4-8-25-15)19(21-12)26-11-17(23)16-9-14(20)6-7-18(16)24-3/h6-7,9,15H,4-5,8,10-11H2,1-3H3. The second kappa shape index (κ2) is 8.22. The van der Waals surface area contributed by atoms with E-state index in [0.717, 1.165) is 42.5 Å². The van der Waals surface area contributed by atoms with Gasteiger partial charge in [-0.25, -0.2) is 9.37 Å². The van der Waals surface area contributed by atoms with E-state index in [2.05, 4.69) is 9.55 Å². The van der Waals surface area contributed by atoms with E-state index in [1.807, 2.05) is 13.8 Å². The fourth-order valence-corrected chi connectivity index (χ4v) is 4.03. The average Bonchev–Trinajstić information content (AvgIpc) is 3.23. The zero-order chi connectivity index (χ0) is 18.7. The van der Waals surface area contributed by atoms with Gasteiger partial charge in [-0.1, -0.05) is 11.8 Å².